The zero-order valence-electron chi connectivity index (χ0n) is 8.13. The van der Waals surface area contributed by atoms with Gasteiger partial charge in [-0.3, -0.25) is 4.79 Å². The molecular weight excluding hydrogens is 227 g/mol. The maximum atomic E-state index is 13.3. The van der Waals surface area contributed by atoms with E-state index in [9.17, 15) is 18.0 Å². The fraction of sp³-hybridized carbons (Fsp3) is 0.222. The summed E-state index contributed by atoms with van der Waals surface area (Å²) in [7, 11) is 0.994. The van der Waals surface area contributed by atoms with Crippen LogP contribution in [-0.2, 0) is 4.79 Å². The maximum absolute atomic E-state index is 13.3. The van der Waals surface area contributed by atoms with Crippen LogP contribution in [0.1, 0.15) is 11.6 Å². The number of hydrogen-bond acceptors (Lipinski definition) is 3. The van der Waals surface area contributed by atoms with Gasteiger partial charge >= 0.3 is 5.97 Å². The monoisotopic (exact) mass is 235 g/mol. The summed E-state index contributed by atoms with van der Waals surface area (Å²) >= 11 is 0. The first kappa shape index (κ1) is 12.3. The predicted molar refractivity (Wildman–Crippen MR) is 47.4 cm³/mol. The molecule has 88 valence electrons. The lowest BCUT2D eigenvalue weighted by Gasteiger charge is -2.14. The van der Waals surface area contributed by atoms with E-state index in [1.165, 1.54) is 0 Å². The minimum Gasteiger partial charge on any atom is -0.493 e. The Labute approximate surface area is 88.4 Å². The SMILES string of the molecule is COc1c(F)cc(F)c(F)c1C(N)C(=O)O. The Kier molecular flexibility index (Phi) is 3.38. The molecule has 1 unspecified atom stereocenters. The third kappa shape index (κ3) is 1.94. The summed E-state index contributed by atoms with van der Waals surface area (Å²) in [6.07, 6.45) is 0. The zero-order chi connectivity index (χ0) is 12.5. The molecule has 1 aromatic rings. The van der Waals surface area contributed by atoms with Crippen molar-refractivity contribution < 1.29 is 27.8 Å². The normalized spacial score (nSPS) is 12.3. The van der Waals surface area contributed by atoms with Crippen molar-refractivity contribution in [2.75, 3.05) is 7.11 Å². The molecule has 3 N–H and O–H groups in total. The Bertz CT molecular complexity index is 436. The van der Waals surface area contributed by atoms with Gasteiger partial charge in [0.25, 0.3) is 0 Å². The van der Waals surface area contributed by atoms with Gasteiger partial charge in [0.15, 0.2) is 23.2 Å². The minimum atomic E-state index is -1.90. The molecule has 0 aliphatic heterocycles. The minimum absolute atomic E-state index is 0.256. The summed E-state index contributed by atoms with van der Waals surface area (Å²) in [5, 5.41) is 8.57. The molecule has 0 fully saturated rings. The Morgan fingerprint density at radius 3 is 2.44 bits per heavy atom. The highest BCUT2D eigenvalue weighted by molar-refractivity contribution is 5.76. The van der Waals surface area contributed by atoms with E-state index < -0.39 is 40.8 Å². The number of carboxylic acids is 1. The summed E-state index contributed by atoms with van der Waals surface area (Å²) in [6, 6.07) is -1.65. The second-order valence-corrected chi connectivity index (χ2v) is 2.92. The van der Waals surface area contributed by atoms with Gasteiger partial charge in [-0.05, 0) is 0 Å². The molecule has 0 bridgehead atoms. The van der Waals surface area contributed by atoms with Crippen LogP contribution in [-0.4, -0.2) is 18.2 Å². The number of nitrogens with two attached hydrogens (primary N) is 1. The van der Waals surface area contributed by atoms with Crippen LogP contribution >= 0.6 is 0 Å². The number of rotatable bonds is 3. The highest BCUT2D eigenvalue weighted by Gasteiger charge is 2.28. The van der Waals surface area contributed by atoms with E-state index in [0.29, 0.717) is 0 Å². The van der Waals surface area contributed by atoms with Gasteiger partial charge in [-0.1, -0.05) is 0 Å². The number of methoxy groups -OCH3 is 1. The largest absolute Gasteiger partial charge is 0.493 e. The molecule has 0 aliphatic rings. The van der Waals surface area contributed by atoms with Crippen molar-refractivity contribution in [2.24, 2.45) is 5.73 Å². The second-order valence-electron chi connectivity index (χ2n) is 2.92. The Morgan fingerprint density at radius 2 is 2.00 bits per heavy atom. The first-order valence-electron chi connectivity index (χ1n) is 4.10. The summed E-state index contributed by atoms with van der Waals surface area (Å²) in [5.41, 5.74) is 4.25. The van der Waals surface area contributed by atoms with Crippen molar-refractivity contribution in [1.82, 2.24) is 0 Å². The van der Waals surface area contributed by atoms with Crippen LogP contribution in [0.15, 0.2) is 6.07 Å². The van der Waals surface area contributed by atoms with Crippen molar-refractivity contribution in [2.45, 2.75) is 6.04 Å². The maximum Gasteiger partial charge on any atom is 0.325 e. The summed E-state index contributed by atoms with van der Waals surface area (Å²) < 4.78 is 43.7. The Balaban J connectivity index is 3.50. The van der Waals surface area contributed by atoms with E-state index in [0.717, 1.165) is 7.11 Å². The summed E-state index contributed by atoms with van der Waals surface area (Å²) in [4.78, 5) is 10.6. The molecule has 0 heterocycles. The molecule has 0 aromatic heterocycles. The van der Waals surface area contributed by atoms with Crippen LogP contribution < -0.4 is 10.5 Å². The van der Waals surface area contributed by atoms with Crippen LogP contribution in [0.25, 0.3) is 0 Å². The lowest BCUT2D eigenvalue weighted by Crippen LogP contribution is -2.23. The molecule has 0 amide bonds. The fourth-order valence-electron chi connectivity index (χ4n) is 1.21. The summed E-state index contributed by atoms with van der Waals surface area (Å²) in [5.74, 6) is -6.61. The Hall–Kier alpha value is -1.76. The molecule has 1 rings (SSSR count). The molecule has 0 aliphatic carbocycles. The van der Waals surface area contributed by atoms with Gasteiger partial charge in [0.05, 0.1) is 12.7 Å². The molecule has 16 heavy (non-hydrogen) atoms. The number of benzene rings is 1. The molecule has 4 nitrogen and oxygen atoms in total. The van der Waals surface area contributed by atoms with Gasteiger partial charge in [0.2, 0.25) is 0 Å². The van der Waals surface area contributed by atoms with E-state index >= 15 is 0 Å². The molecule has 0 spiro atoms. The smallest absolute Gasteiger partial charge is 0.325 e. The van der Waals surface area contributed by atoms with Gasteiger partial charge in [-0.15, -0.1) is 0 Å². The number of carbonyl (C=O) groups is 1. The highest BCUT2D eigenvalue weighted by atomic mass is 19.2. The Morgan fingerprint density at radius 1 is 1.44 bits per heavy atom. The van der Waals surface area contributed by atoms with Crippen LogP contribution in [0.5, 0.6) is 5.75 Å². The number of hydrogen-bond donors (Lipinski definition) is 2. The van der Waals surface area contributed by atoms with Crippen molar-refractivity contribution >= 4 is 5.97 Å². The van der Waals surface area contributed by atoms with Gasteiger partial charge in [0.1, 0.15) is 6.04 Å². The lowest BCUT2D eigenvalue weighted by molar-refractivity contribution is -0.138. The summed E-state index contributed by atoms with van der Waals surface area (Å²) in [6.45, 7) is 0. The van der Waals surface area contributed by atoms with E-state index in [4.69, 9.17) is 10.8 Å². The van der Waals surface area contributed by atoms with Gasteiger partial charge in [-0.2, -0.15) is 0 Å². The number of ether oxygens (including phenoxy) is 1. The van der Waals surface area contributed by atoms with E-state index in [-0.39, 0.29) is 6.07 Å². The second kappa shape index (κ2) is 4.40. The standard InChI is InChI=1S/C9H8F3NO3/c1-16-8-4(11)2-3(10)6(12)5(8)7(13)9(14)15/h2,7H,13H2,1H3,(H,14,15). The zero-order valence-corrected chi connectivity index (χ0v) is 8.13. The molecule has 1 atom stereocenters. The van der Waals surface area contributed by atoms with E-state index in [1.807, 2.05) is 0 Å². The number of carboxylic acid groups (broad SMARTS) is 1. The van der Waals surface area contributed by atoms with Crippen molar-refractivity contribution in [1.29, 1.82) is 0 Å². The molecule has 0 saturated heterocycles. The van der Waals surface area contributed by atoms with Gasteiger partial charge in [0, 0.05) is 6.07 Å². The first-order valence-corrected chi connectivity index (χ1v) is 4.10. The van der Waals surface area contributed by atoms with Gasteiger partial charge < -0.3 is 15.6 Å². The molecule has 7 heteroatoms. The number of aliphatic carboxylic acids is 1. The quantitative estimate of drug-likeness (QED) is 0.772. The average Bonchev–Trinajstić information content (AvgIpc) is 2.21. The number of halogens is 3. The van der Waals surface area contributed by atoms with Crippen LogP contribution in [0.3, 0.4) is 0 Å². The topological polar surface area (TPSA) is 72.5 Å². The third-order valence-corrected chi connectivity index (χ3v) is 1.94. The van der Waals surface area contributed by atoms with Crippen molar-refractivity contribution in [3.8, 4) is 5.75 Å². The average molecular weight is 235 g/mol. The van der Waals surface area contributed by atoms with Crippen LogP contribution in [0.2, 0.25) is 0 Å². The van der Waals surface area contributed by atoms with Crippen molar-refractivity contribution in [3.63, 3.8) is 0 Å². The predicted octanol–water partition coefficient (Wildman–Crippen LogP) is 1.20. The van der Waals surface area contributed by atoms with E-state index in [2.05, 4.69) is 4.74 Å². The van der Waals surface area contributed by atoms with Crippen LogP contribution in [0.4, 0.5) is 13.2 Å². The fourth-order valence-corrected chi connectivity index (χ4v) is 1.21. The molecule has 1 aromatic carbocycles. The lowest BCUT2D eigenvalue weighted by atomic mass is 10.1. The third-order valence-electron chi connectivity index (χ3n) is 1.94. The highest BCUT2D eigenvalue weighted by Crippen LogP contribution is 2.31. The molecule has 0 saturated carbocycles. The molecule has 0 radical (unpaired) electrons. The van der Waals surface area contributed by atoms with Crippen molar-refractivity contribution in [3.05, 3.63) is 29.1 Å². The first-order chi connectivity index (χ1) is 7.40. The van der Waals surface area contributed by atoms with Gasteiger partial charge in [-0.25, -0.2) is 13.2 Å². The van der Waals surface area contributed by atoms with Crippen LogP contribution in [0, 0.1) is 17.5 Å². The van der Waals surface area contributed by atoms with E-state index in [1.54, 1.807) is 0 Å². The molecular formula is C9H8F3NO3.